The number of halogens is 5. The van der Waals surface area contributed by atoms with Gasteiger partial charge in [0.2, 0.25) is 0 Å². The number of piperidine rings is 2. The fraction of sp³-hybridized carbons (Fsp3) is 0.556. The van der Waals surface area contributed by atoms with E-state index >= 15 is 0 Å². The first kappa shape index (κ1) is 26.6. The number of aromatic nitrogens is 1. The minimum Gasteiger partial charge on any atom is -0.381 e. The number of alkyl halides is 4. The van der Waals surface area contributed by atoms with Crippen LogP contribution in [0, 0.1) is 17.7 Å². The van der Waals surface area contributed by atoms with Crippen LogP contribution in [-0.2, 0) is 5.54 Å². The summed E-state index contributed by atoms with van der Waals surface area (Å²) in [4.78, 5) is 28.8. The Labute approximate surface area is 217 Å². The highest BCUT2D eigenvalue weighted by Crippen LogP contribution is 2.44. The quantitative estimate of drug-likeness (QED) is 0.469. The Morgan fingerprint density at radius 1 is 1.11 bits per heavy atom. The molecule has 1 aromatic carbocycles. The molecule has 1 aliphatic heterocycles. The molecule has 2 saturated carbocycles. The normalized spacial score (nSPS) is 25.0. The number of nitrogens with one attached hydrogen (secondary N) is 2. The van der Waals surface area contributed by atoms with Crippen LogP contribution in [0.25, 0.3) is 0 Å². The van der Waals surface area contributed by atoms with Crippen molar-refractivity contribution in [2.75, 3.05) is 25.5 Å². The number of carbonyl (C=O) groups excluding carboxylic acids is 1. The maximum Gasteiger partial charge on any atom is 0.266 e. The molecule has 1 amide bonds. The van der Waals surface area contributed by atoms with E-state index in [-0.39, 0.29) is 35.7 Å². The van der Waals surface area contributed by atoms with Crippen LogP contribution >= 0.6 is 0 Å². The van der Waals surface area contributed by atoms with Gasteiger partial charge in [0.05, 0.1) is 22.9 Å². The number of pyridine rings is 1. The lowest BCUT2D eigenvalue weighted by Crippen LogP contribution is -2.60. The first-order valence-electron chi connectivity index (χ1n) is 12.9. The highest BCUT2D eigenvalue weighted by atomic mass is 19.3. The summed E-state index contributed by atoms with van der Waals surface area (Å²) >= 11 is 0. The van der Waals surface area contributed by atoms with Gasteiger partial charge in [0.1, 0.15) is 11.4 Å². The number of nitrogens with zero attached hydrogens (tertiary/aromatic N) is 2. The standard InChI is InChI=1S/C27H31F5N4O2/c1-14(17-5-3-6-18(22(17)28)24(29)30)33-25(38)19-13-36(27(26(31)32)7-4-8-27)21(37)10-20(19)34-23-15-9-16(23)12-35(2)11-15/h3,5-6,10,13-16,23-24,26,34H,4,7-9,11-12H2,1-2H3,(H,33,38)/t14-,15-,16+,23+/m1/s1. The molecule has 11 heteroatoms. The third kappa shape index (κ3) is 4.48. The molecule has 2 aromatic rings. The molecule has 5 rings (SSSR count). The third-order valence-electron chi connectivity index (χ3n) is 8.55. The van der Waals surface area contributed by atoms with Crippen molar-refractivity contribution >= 4 is 11.6 Å². The Morgan fingerprint density at radius 3 is 2.34 bits per heavy atom. The summed E-state index contributed by atoms with van der Waals surface area (Å²) < 4.78 is 70.3. The van der Waals surface area contributed by atoms with Gasteiger partial charge in [-0.05, 0) is 51.5 Å². The summed E-state index contributed by atoms with van der Waals surface area (Å²) in [5.74, 6) is -1.19. The van der Waals surface area contributed by atoms with Gasteiger partial charge in [0.25, 0.3) is 24.3 Å². The van der Waals surface area contributed by atoms with Crippen LogP contribution in [0.3, 0.4) is 0 Å². The van der Waals surface area contributed by atoms with E-state index in [9.17, 15) is 31.5 Å². The monoisotopic (exact) mass is 538 g/mol. The Kier molecular flexibility index (Phi) is 7.00. The molecule has 2 aliphatic carbocycles. The summed E-state index contributed by atoms with van der Waals surface area (Å²) in [5, 5.41) is 5.94. The van der Waals surface area contributed by atoms with Crippen molar-refractivity contribution in [3.8, 4) is 0 Å². The molecule has 3 fully saturated rings. The smallest absolute Gasteiger partial charge is 0.266 e. The van der Waals surface area contributed by atoms with Crippen LogP contribution in [-0.4, -0.2) is 48.0 Å². The van der Waals surface area contributed by atoms with E-state index < -0.39 is 47.3 Å². The van der Waals surface area contributed by atoms with Crippen LogP contribution < -0.4 is 16.2 Å². The highest BCUT2D eigenvalue weighted by molar-refractivity contribution is 5.99. The number of hydrogen-bond acceptors (Lipinski definition) is 4. The van der Waals surface area contributed by atoms with Crippen molar-refractivity contribution in [2.24, 2.45) is 11.8 Å². The van der Waals surface area contributed by atoms with Crippen LogP contribution in [0.2, 0.25) is 0 Å². The first-order valence-corrected chi connectivity index (χ1v) is 12.9. The van der Waals surface area contributed by atoms with Gasteiger partial charge >= 0.3 is 0 Å². The zero-order valence-corrected chi connectivity index (χ0v) is 21.2. The molecule has 206 valence electrons. The van der Waals surface area contributed by atoms with E-state index in [0.717, 1.165) is 30.1 Å². The average molecular weight is 539 g/mol. The maximum absolute atomic E-state index is 14.7. The fourth-order valence-corrected chi connectivity index (χ4v) is 6.25. The maximum atomic E-state index is 14.7. The van der Waals surface area contributed by atoms with Crippen LogP contribution in [0.1, 0.15) is 66.6 Å². The minimum atomic E-state index is -3.02. The Hall–Kier alpha value is -2.95. The fourth-order valence-electron chi connectivity index (χ4n) is 6.25. The molecule has 3 aliphatic rings. The molecule has 0 unspecified atom stereocenters. The van der Waals surface area contributed by atoms with Crippen LogP contribution in [0.5, 0.6) is 0 Å². The van der Waals surface area contributed by atoms with E-state index in [4.69, 9.17) is 0 Å². The SMILES string of the molecule is C[C@@H](NC(=O)c1cn(C2(C(F)F)CCC2)c(=O)cc1N[C@H]1[C@@H]2C[C@H]1CN(C)C2)c1cccc(C(F)F)c1F. The third-order valence-corrected chi connectivity index (χ3v) is 8.55. The summed E-state index contributed by atoms with van der Waals surface area (Å²) in [6.07, 6.45) is -2.87. The van der Waals surface area contributed by atoms with Gasteiger partial charge in [-0.15, -0.1) is 0 Å². The van der Waals surface area contributed by atoms with Gasteiger partial charge in [0, 0.05) is 37.0 Å². The summed E-state index contributed by atoms with van der Waals surface area (Å²) in [6.45, 7) is 3.17. The second-order valence-corrected chi connectivity index (χ2v) is 11.0. The molecule has 2 heterocycles. The van der Waals surface area contributed by atoms with Crippen molar-refractivity contribution in [3.63, 3.8) is 0 Å². The molecule has 0 radical (unpaired) electrons. The second kappa shape index (κ2) is 9.98. The van der Waals surface area contributed by atoms with Crippen molar-refractivity contribution in [1.82, 2.24) is 14.8 Å². The molecule has 2 bridgehead atoms. The van der Waals surface area contributed by atoms with E-state index in [0.29, 0.717) is 18.3 Å². The lowest BCUT2D eigenvalue weighted by Gasteiger charge is -2.53. The largest absolute Gasteiger partial charge is 0.381 e. The average Bonchev–Trinajstić information content (AvgIpc) is 2.82. The van der Waals surface area contributed by atoms with Gasteiger partial charge in [-0.3, -0.25) is 9.59 Å². The topological polar surface area (TPSA) is 66.4 Å². The van der Waals surface area contributed by atoms with Crippen molar-refractivity contribution < 1.29 is 26.7 Å². The number of fused-ring (bicyclic) bond motifs is 2. The lowest BCUT2D eigenvalue weighted by molar-refractivity contribution is -0.0504. The summed E-state index contributed by atoms with van der Waals surface area (Å²) in [6, 6.07) is 3.78. The summed E-state index contributed by atoms with van der Waals surface area (Å²) in [7, 11) is 2.03. The highest BCUT2D eigenvalue weighted by Gasteiger charge is 2.49. The van der Waals surface area contributed by atoms with Gasteiger partial charge in [-0.2, -0.15) is 0 Å². The van der Waals surface area contributed by atoms with Crippen molar-refractivity contribution in [3.05, 3.63) is 63.3 Å². The number of amides is 1. The van der Waals surface area contributed by atoms with E-state index in [1.807, 2.05) is 7.05 Å². The molecule has 1 aromatic heterocycles. The summed E-state index contributed by atoms with van der Waals surface area (Å²) in [5.41, 5.74) is -3.00. The van der Waals surface area contributed by atoms with E-state index in [1.54, 1.807) is 0 Å². The van der Waals surface area contributed by atoms with Crippen molar-refractivity contribution in [1.29, 1.82) is 0 Å². The Morgan fingerprint density at radius 2 is 1.76 bits per heavy atom. The molecule has 38 heavy (non-hydrogen) atoms. The minimum absolute atomic E-state index is 0.0212. The molecular weight excluding hydrogens is 507 g/mol. The van der Waals surface area contributed by atoms with Crippen molar-refractivity contribution in [2.45, 2.75) is 63.1 Å². The number of hydrogen-bond donors (Lipinski definition) is 2. The molecule has 6 nitrogen and oxygen atoms in total. The molecule has 1 saturated heterocycles. The van der Waals surface area contributed by atoms with Crippen LogP contribution in [0.15, 0.2) is 35.3 Å². The number of anilines is 1. The number of benzene rings is 1. The van der Waals surface area contributed by atoms with E-state index in [2.05, 4.69) is 15.5 Å². The predicted molar refractivity (Wildman–Crippen MR) is 132 cm³/mol. The number of rotatable bonds is 8. The molecule has 2 N–H and O–H groups in total. The molecular formula is C27H31F5N4O2. The predicted octanol–water partition coefficient (Wildman–Crippen LogP) is 4.92. The van der Waals surface area contributed by atoms with Gasteiger partial charge in [0.15, 0.2) is 0 Å². The molecule has 0 spiro atoms. The lowest BCUT2D eigenvalue weighted by atomic mass is 9.66. The zero-order chi connectivity index (χ0) is 27.4. The Bertz CT molecular complexity index is 1270. The van der Waals surface area contributed by atoms with Gasteiger partial charge < -0.3 is 20.1 Å². The van der Waals surface area contributed by atoms with Gasteiger partial charge in [-0.1, -0.05) is 18.2 Å². The number of carbonyl (C=O) groups is 1. The molecule has 4 atom stereocenters. The second-order valence-electron chi connectivity index (χ2n) is 11.0. The van der Waals surface area contributed by atoms with E-state index in [1.165, 1.54) is 31.3 Å². The van der Waals surface area contributed by atoms with Gasteiger partial charge in [-0.25, -0.2) is 22.0 Å². The van der Waals surface area contributed by atoms with Crippen LogP contribution in [0.4, 0.5) is 27.6 Å². The number of likely N-dealkylation sites (tertiary alicyclic amines) is 1. The zero-order valence-electron chi connectivity index (χ0n) is 21.2. The Balaban J connectivity index is 1.48. The first-order chi connectivity index (χ1) is 18.0.